The number of aliphatic imine (C=N–C) groups is 1. The molecule has 2 heterocycles. The number of hydrogen-bond donors (Lipinski definition) is 2. The molecule has 170 valence electrons. The molecule has 8 heteroatoms. The standard InChI is InChI=1S/C23H33N5OS.HI/c1-3-24-23(25-12-7-10-21-27-18(2)17-30-21)26-15-20-14-22(29)28(16-20)13-11-19-8-5-4-6-9-19;/h4-6,8-9,17,20H,3,7,10-16H2,1-2H3,(H2,24,25,26);1H. The van der Waals surface area contributed by atoms with Crippen molar-refractivity contribution in [3.63, 3.8) is 0 Å². The van der Waals surface area contributed by atoms with E-state index in [1.54, 1.807) is 11.3 Å². The summed E-state index contributed by atoms with van der Waals surface area (Å²) < 4.78 is 0. The second kappa shape index (κ2) is 13.7. The van der Waals surface area contributed by atoms with E-state index in [-0.39, 0.29) is 29.9 Å². The molecule has 1 fully saturated rings. The predicted molar refractivity (Wildman–Crippen MR) is 139 cm³/mol. The molecule has 1 atom stereocenters. The van der Waals surface area contributed by atoms with E-state index in [4.69, 9.17) is 4.99 Å². The molecule has 31 heavy (non-hydrogen) atoms. The minimum absolute atomic E-state index is 0. The van der Waals surface area contributed by atoms with E-state index >= 15 is 0 Å². The number of thiazole rings is 1. The zero-order valence-corrected chi connectivity index (χ0v) is 21.6. The van der Waals surface area contributed by atoms with Gasteiger partial charge in [-0.2, -0.15) is 0 Å². The summed E-state index contributed by atoms with van der Waals surface area (Å²) in [5.74, 6) is 1.38. The second-order valence-electron chi connectivity index (χ2n) is 7.78. The lowest BCUT2D eigenvalue weighted by Gasteiger charge is -2.16. The molecule has 2 N–H and O–H groups in total. The lowest BCUT2D eigenvalue weighted by Crippen LogP contribution is -2.38. The Morgan fingerprint density at radius 1 is 1.26 bits per heavy atom. The summed E-state index contributed by atoms with van der Waals surface area (Å²) >= 11 is 1.73. The zero-order valence-electron chi connectivity index (χ0n) is 18.5. The molecular weight excluding hydrogens is 521 g/mol. The van der Waals surface area contributed by atoms with Gasteiger partial charge in [-0.25, -0.2) is 4.98 Å². The molecule has 3 rings (SSSR count). The van der Waals surface area contributed by atoms with Gasteiger partial charge in [-0.1, -0.05) is 30.3 Å². The number of rotatable bonds is 10. The van der Waals surface area contributed by atoms with Crippen LogP contribution in [0.3, 0.4) is 0 Å². The van der Waals surface area contributed by atoms with Gasteiger partial charge in [-0.3, -0.25) is 9.79 Å². The average Bonchev–Trinajstić information content (AvgIpc) is 3.33. The van der Waals surface area contributed by atoms with Gasteiger partial charge < -0.3 is 15.5 Å². The first kappa shape index (κ1) is 25.6. The number of carbonyl (C=O) groups excluding carboxylic acids is 1. The summed E-state index contributed by atoms with van der Waals surface area (Å²) in [4.78, 5) is 23.6. The maximum Gasteiger partial charge on any atom is 0.223 e. The monoisotopic (exact) mass is 555 g/mol. The SMILES string of the molecule is CCNC(=NCC1CC(=O)N(CCc2ccccc2)C1)NCCCc1nc(C)cs1.I. The van der Waals surface area contributed by atoms with Crippen LogP contribution in [0.4, 0.5) is 0 Å². The number of aromatic nitrogens is 1. The summed E-state index contributed by atoms with van der Waals surface area (Å²) in [6, 6.07) is 10.4. The molecule has 6 nitrogen and oxygen atoms in total. The van der Waals surface area contributed by atoms with Crippen LogP contribution in [0.1, 0.15) is 36.0 Å². The van der Waals surface area contributed by atoms with E-state index in [9.17, 15) is 4.79 Å². The molecule has 1 aliphatic heterocycles. The Bertz CT molecular complexity index is 826. The largest absolute Gasteiger partial charge is 0.357 e. The van der Waals surface area contributed by atoms with Crippen LogP contribution in [0.25, 0.3) is 0 Å². The molecule has 0 saturated carbocycles. The van der Waals surface area contributed by atoms with Gasteiger partial charge >= 0.3 is 0 Å². The van der Waals surface area contributed by atoms with Gasteiger partial charge in [0.05, 0.1) is 5.01 Å². The Morgan fingerprint density at radius 2 is 2.06 bits per heavy atom. The summed E-state index contributed by atoms with van der Waals surface area (Å²) in [7, 11) is 0. The Kier molecular flexibility index (Phi) is 11.3. The van der Waals surface area contributed by atoms with E-state index < -0.39 is 0 Å². The molecule has 2 aromatic rings. The maximum atomic E-state index is 12.4. The molecular formula is C23H34IN5OS. The average molecular weight is 556 g/mol. The minimum atomic E-state index is 0. The summed E-state index contributed by atoms with van der Waals surface area (Å²) in [5, 5.41) is 10.0. The van der Waals surface area contributed by atoms with Crippen LogP contribution in [0.5, 0.6) is 0 Å². The van der Waals surface area contributed by atoms with Crippen molar-refractivity contribution < 1.29 is 4.79 Å². The van der Waals surface area contributed by atoms with E-state index in [2.05, 4.69) is 40.1 Å². The molecule has 1 saturated heterocycles. The number of likely N-dealkylation sites (tertiary alicyclic amines) is 1. The fourth-order valence-corrected chi connectivity index (χ4v) is 4.45. The van der Waals surface area contributed by atoms with E-state index in [0.717, 1.165) is 57.1 Å². The number of amides is 1. The quantitative estimate of drug-likeness (QED) is 0.203. The molecule has 0 aliphatic carbocycles. The fraction of sp³-hybridized carbons (Fsp3) is 0.522. The lowest BCUT2D eigenvalue weighted by atomic mass is 10.1. The number of hydrogen-bond acceptors (Lipinski definition) is 4. The molecule has 1 aliphatic rings. The molecule has 0 radical (unpaired) electrons. The smallest absolute Gasteiger partial charge is 0.223 e. The van der Waals surface area contributed by atoms with Crippen LogP contribution in [0, 0.1) is 12.8 Å². The third-order valence-electron chi connectivity index (χ3n) is 5.19. The van der Waals surface area contributed by atoms with Crippen molar-refractivity contribution in [1.29, 1.82) is 0 Å². The first-order chi connectivity index (χ1) is 14.6. The molecule has 0 bridgehead atoms. The topological polar surface area (TPSA) is 69.6 Å². The number of guanidine groups is 1. The third-order valence-corrected chi connectivity index (χ3v) is 6.21. The van der Waals surface area contributed by atoms with Crippen LogP contribution < -0.4 is 10.6 Å². The Morgan fingerprint density at radius 3 is 2.77 bits per heavy atom. The Hall–Kier alpha value is -1.68. The van der Waals surface area contributed by atoms with Gasteiger partial charge in [0.25, 0.3) is 0 Å². The van der Waals surface area contributed by atoms with Crippen LogP contribution >= 0.6 is 35.3 Å². The number of halogens is 1. The van der Waals surface area contributed by atoms with Gasteiger partial charge in [0.1, 0.15) is 0 Å². The Labute approximate surface area is 207 Å². The van der Waals surface area contributed by atoms with Crippen molar-refractivity contribution in [3.8, 4) is 0 Å². The third kappa shape index (κ3) is 8.76. The lowest BCUT2D eigenvalue weighted by molar-refractivity contribution is -0.127. The van der Waals surface area contributed by atoms with E-state index in [1.165, 1.54) is 10.6 Å². The highest BCUT2D eigenvalue weighted by molar-refractivity contribution is 14.0. The van der Waals surface area contributed by atoms with Crippen molar-refractivity contribution in [3.05, 3.63) is 52.0 Å². The van der Waals surface area contributed by atoms with Gasteiger partial charge in [0.15, 0.2) is 5.96 Å². The van der Waals surface area contributed by atoms with Gasteiger partial charge in [0.2, 0.25) is 5.91 Å². The molecule has 1 aromatic heterocycles. The van der Waals surface area contributed by atoms with Gasteiger partial charge in [-0.15, -0.1) is 35.3 Å². The van der Waals surface area contributed by atoms with Crippen molar-refractivity contribution in [2.24, 2.45) is 10.9 Å². The number of benzene rings is 1. The molecule has 0 spiro atoms. The van der Waals surface area contributed by atoms with Crippen molar-refractivity contribution in [2.45, 2.75) is 39.5 Å². The highest BCUT2D eigenvalue weighted by atomic mass is 127. The second-order valence-corrected chi connectivity index (χ2v) is 8.72. The first-order valence-electron chi connectivity index (χ1n) is 10.9. The number of nitrogens with zero attached hydrogens (tertiary/aromatic N) is 3. The highest BCUT2D eigenvalue weighted by Crippen LogP contribution is 2.18. The fourth-order valence-electron chi connectivity index (χ4n) is 3.63. The van der Waals surface area contributed by atoms with Crippen LogP contribution in [0.2, 0.25) is 0 Å². The van der Waals surface area contributed by atoms with Crippen molar-refractivity contribution in [1.82, 2.24) is 20.5 Å². The predicted octanol–water partition coefficient (Wildman–Crippen LogP) is 3.65. The van der Waals surface area contributed by atoms with Crippen molar-refractivity contribution in [2.75, 3.05) is 32.7 Å². The van der Waals surface area contributed by atoms with E-state index in [0.29, 0.717) is 18.9 Å². The number of nitrogens with one attached hydrogen (secondary N) is 2. The summed E-state index contributed by atoms with van der Waals surface area (Å²) in [5.41, 5.74) is 2.38. The van der Waals surface area contributed by atoms with Crippen LogP contribution in [-0.2, 0) is 17.6 Å². The van der Waals surface area contributed by atoms with Gasteiger partial charge in [0, 0.05) is 62.6 Å². The van der Waals surface area contributed by atoms with Gasteiger partial charge in [-0.05, 0) is 32.3 Å². The first-order valence-corrected chi connectivity index (χ1v) is 11.8. The van der Waals surface area contributed by atoms with Crippen molar-refractivity contribution >= 4 is 47.2 Å². The highest BCUT2D eigenvalue weighted by Gasteiger charge is 2.28. The van der Waals surface area contributed by atoms with E-state index in [1.807, 2.05) is 30.0 Å². The molecule has 1 aromatic carbocycles. The number of aryl methyl sites for hydroxylation is 2. The van der Waals surface area contributed by atoms with Crippen LogP contribution in [-0.4, -0.2) is 54.5 Å². The van der Waals surface area contributed by atoms with Crippen LogP contribution in [0.15, 0.2) is 40.7 Å². The molecule has 1 amide bonds. The summed E-state index contributed by atoms with van der Waals surface area (Å²) in [6.45, 7) is 8.05. The normalized spacial score (nSPS) is 16.3. The molecule has 1 unspecified atom stereocenters. The maximum absolute atomic E-state index is 12.4. The number of carbonyl (C=O) groups is 1. The summed E-state index contributed by atoms with van der Waals surface area (Å²) in [6.07, 6.45) is 3.51. The zero-order chi connectivity index (χ0) is 21.2. The minimum Gasteiger partial charge on any atom is -0.357 e. The Balaban J connectivity index is 0.00000341.